The Kier molecular flexibility index (Phi) is 7.15. The van der Waals surface area contributed by atoms with E-state index in [-0.39, 0.29) is 17.3 Å². The van der Waals surface area contributed by atoms with Gasteiger partial charge in [0, 0.05) is 5.56 Å². The molecule has 0 fully saturated rings. The molecule has 6 nitrogen and oxygen atoms in total. The number of sulfonamides is 1. The van der Waals surface area contributed by atoms with Crippen LogP contribution in [-0.2, 0) is 16.6 Å². The number of aryl methyl sites for hydroxylation is 3. The summed E-state index contributed by atoms with van der Waals surface area (Å²) >= 11 is 0. The van der Waals surface area contributed by atoms with Gasteiger partial charge in [-0.1, -0.05) is 35.9 Å². The molecule has 3 rings (SSSR count). The topological polar surface area (TPSA) is 77.0 Å². The highest BCUT2D eigenvalue weighted by Crippen LogP contribution is 2.28. The van der Waals surface area contributed by atoms with Crippen molar-refractivity contribution in [2.24, 2.45) is 5.10 Å². The maximum Gasteiger partial charge on any atom is 0.277 e. The molecule has 0 aromatic heterocycles. The zero-order valence-electron chi connectivity index (χ0n) is 18.3. The molecule has 0 aliphatic heterocycles. The number of nitrogens with one attached hydrogen (secondary N) is 1. The zero-order valence-corrected chi connectivity index (χ0v) is 19.2. The third kappa shape index (κ3) is 5.45. The Labute approximate surface area is 187 Å². The molecule has 0 radical (unpaired) electrons. The molecule has 1 N–H and O–H groups in total. The SMILES string of the molecule is COc1cc(/C=N/NS(=O)(=O)c2c(C)cc(C)cc2C)ccc1OCc1ccccc1F. The van der Waals surface area contributed by atoms with Crippen LogP contribution in [0.5, 0.6) is 11.5 Å². The summed E-state index contributed by atoms with van der Waals surface area (Å²) in [7, 11) is -2.33. The second-order valence-electron chi connectivity index (χ2n) is 7.37. The molecule has 168 valence electrons. The molecule has 0 aliphatic carbocycles. The second-order valence-corrected chi connectivity index (χ2v) is 8.97. The van der Waals surface area contributed by atoms with E-state index in [2.05, 4.69) is 9.93 Å². The first-order valence-electron chi connectivity index (χ1n) is 9.88. The molecular formula is C24H25FN2O4S. The van der Waals surface area contributed by atoms with Crippen LogP contribution in [-0.4, -0.2) is 21.7 Å². The minimum atomic E-state index is -3.82. The molecule has 0 heterocycles. The number of rotatable bonds is 8. The molecule has 0 aliphatic rings. The molecule has 0 atom stereocenters. The van der Waals surface area contributed by atoms with E-state index in [0.717, 1.165) is 5.56 Å². The van der Waals surface area contributed by atoms with Crippen LogP contribution in [0, 0.1) is 26.6 Å². The minimum Gasteiger partial charge on any atom is -0.493 e. The van der Waals surface area contributed by atoms with E-state index in [4.69, 9.17) is 9.47 Å². The molecule has 0 saturated carbocycles. The van der Waals surface area contributed by atoms with Crippen molar-refractivity contribution in [3.63, 3.8) is 0 Å². The van der Waals surface area contributed by atoms with Gasteiger partial charge in [0.15, 0.2) is 11.5 Å². The summed E-state index contributed by atoms with van der Waals surface area (Å²) in [4.78, 5) is 2.48. The van der Waals surface area contributed by atoms with Crippen molar-refractivity contribution in [3.8, 4) is 11.5 Å². The lowest BCUT2D eigenvalue weighted by Gasteiger charge is -2.12. The van der Waals surface area contributed by atoms with E-state index >= 15 is 0 Å². The lowest BCUT2D eigenvalue weighted by molar-refractivity contribution is 0.279. The van der Waals surface area contributed by atoms with E-state index in [9.17, 15) is 12.8 Å². The van der Waals surface area contributed by atoms with E-state index in [1.165, 1.54) is 19.4 Å². The van der Waals surface area contributed by atoms with Crippen LogP contribution in [0.3, 0.4) is 0 Å². The highest BCUT2D eigenvalue weighted by Gasteiger charge is 2.19. The number of hydrogen-bond acceptors (Lipinski definition) is 5. The normalized spacial score (nSPS) is 11.5. The fraction of sp³-hybridized carbons (Fsp3) is 0.208. The molecule has 0 saturated heterocycles. The first kappa shape index (κ1) is 23.3. The Hall–Kier alpha value is -3.39. The average molecular weight is 457 g/mol. The summed E-state index contributed by atoms with van der Waals surface area (Å²) in [5, 5.41) is 3.90. The lowest BCUT2D eigenvalue weighted by atomic mass is 10.1. The lowest BCUT2D eigenvalue weighted by Crippen LogP contribution is -2.20. The Bertz CT molecular complexity index is 1230. The van der Waals surface area contributed by atoms with Crippen molar-refractivity contribution in [1.29, 1.82) is 0 Å². The molecule has 0 spiro atoms. The first-order chi connectivity index (χ1) is 15.2. The summed E-state index contributed by atoms with van der Waals surface area (Å²) in [6.45, 7) is 5.47. The molecule has 0 unspecified atom stereocenters. The quantitative estimate of drug-likeness (QED) is 0.395. The summed E-state index contributed by atoms with van der Waals surface area (Å²) in [6, 6.07) is 15.0. The molecule has 3 aromatic carbocycles. The highest BCUT2D eigenvalue weighted by molar-refractivity contribution is 7.89. The van der Waals surface area contributed by atoms with Crippen LogP contribution in [0.4, 0.5) is 4.39 Å². The molecule has 0 amide bonds. The van der Waals surface area contributed by atoms with E-state index in [1.807, 2.05) is 19.1 Å². The smallest absolute Gasteiger partial charge is 0.277 e. The molecule has 32 heavy (non-hydrogen) atoms. The van der Waals surface area contributed by atoms with Gasteiger partial charge in [-0.3, -0.25) is 0 Å². The van der Waals surface area contributed by atoms with Gasteiger partial charge >= 0.3 is 0 Å². The number of nitrogens with zero attached hydrogens (tertiary/aromatic N) is 1. The van der Waals surface area contributed by atoms with Crippen molar-refractivity contribution in [2.45, 2.75) is 32.3 Å². The Balaban J connectivity index is 1.73. The van der Waals surface area contributed by atoms with Gasteiger partial charge in [-0.25, -0.2) is 9.22 Å². The van der Waals surface area contributed by atoms with E-state index in [0.29, 0.717) is 33.8 Å². The number of hydrogen-bond donors (Lipinski definition) is 1. The molecule has 8 heteroatoms. The maximum atomic E-state index is 13.8. The number of benzene rings is 3. The number of hydrazone groups is 1. The largest absolute Gasteiger partial charge is 0.493 e. The predicted octanol–water partition coefficient (Wildman–Crippen LogP) is 4.65. The number of halogens is 1. The first-order valence-corrected chi connectivity index (χ1v) is 11.4. The van der Waals surface area contributed by atoms with Crippen molar-refractivity contribution < 1.29 is 22.3 Å². The van der Waals surface area contributed by atoms with E-state index in [1.54, 1.807) is 50.2 Å². The summed E-state index contributed by atoms with van der Waals surface area (Å²) in [5.41, 5.74) is 3.33. The van der Waals surface area contributed by atoms with Crippen LogP contribution in [0.1, 0.15) is 27.8 Å². The summed E-state index contributed by atoms with van der Waals surface area (Å²) in [5.74, 6) is 0.499. The van der Waals surface area contributed by atoms with Gasteiger partial charge in [-0.05, 0) is 61.7 Å². The van der Waals surface area contributed by atoms with Crippen molar-refractivity contribution in [2.75, 3.05) is 7.11 Å². The average Bonchev–Trinajstić information content (AvgIpc) is 2.72. The Morgan fingerprint density at radius 2 is 1.69 bits per heavy atom. The van der Waals surface area contributed by atoms with Crippen molar-refractivity contribution >= 4 is 16.2 Å². The molecular weight excluding hydrogens is 431 g/mol. The van der Waals surface area contributed by atoms with Crippen molar-refractivity contribution in [3.05, 3.63) is 88.2 Å². The number of ether oxygens (including phenoxy) is 2. The molecule has 3 aromatic rings. The van der Waals surface area contributed by atoms with Gasteiger partial charge < -0.3 is 9.47 Å². The van der Waals surface area contributed by atoms with Crippen molar-refractivity contribution in [1.82, 2.24) is 4.83 Å². The van der Waals surface area contributed by atoms with Crippen LogP contribution < -0.4 is 14.3 Å². The van der Waals surface area contributed by atoms with Gasteiger partial charge in [-0.2, -0.15) is 13.5 Å². The van der Waals surface area contributed by atoms with Gasteiger partial charge in [0.25, 0.3) is 10.0 Å². The number of methoxy groups -OCH3 is 1. The minimum absolute atomic E-state index is 0.0471. The van der Waals surface area contributed by atoms with Gasteiger partial charge in [0.05, 0.1) is 18.2 Å². The van der Waals surface area contributed by atoms with Crippen LogP contribution in [0.2, 0.25) is 0 Å². The Morgan fingerprint density at radius 3 is 2.34 bits per heavy atom. The predicted molar refractivity (Wildman–Crippen MR) is 122 cm³/mol. The fourth-order valence-corrected chi connectivity index (χ4v) is 4.71. The van der Waals surface area contributed by atoms with E-state index < -0.39 is 10.0 Å². The third-order valence-corrected chi connectivity index (χ3v) is 6.32. The van der Waals surface area contributed by atoms with Gasteiger partial charge in [0.2, 0.25) is 0 Å². The maximum absolute atomic E-state index is 13.8. The van der Waals surface area contributed by atoms with Gasteiger partial charge in [-0.15, -0.1) is 0 Å². The van der Waals surface area contributed by atoms with Crippen LogP contribution >= 0.6 is 0 Å². The highest BCUT2D eigenvalue weighted by atomic mass is 32.2. The van der Waals surface area contributed by atoms with Crippen LogP contribution in [0.15, 0.2) is 64.6 Å². The standard InChI is InChI=1S/C24H25FN2O4S/c1-16-11-17(2)24(18(3)12-16)32(28,29)27-26-14-19-9-10-22(23(13-19)30-4)31-15-20-7-5-6-8-21(20)25/h5-14,27H,15H2,1-4H3/b26-14+. The van der Waals surface area contributed by atoms with Gasteiger partial charge in [0.1, 0.15) is 12.4 Å². The monoisotopic (exact) mass is 456 g/mol. The zero-order chi connectivity index (χ0) is 23.3. The third-order valence-electron chi connectivity index (χ3n) is 4.79. The second kappa shape index (κ2) is 9.82. The summed E-state index contributed by atoms with van der Waals surface area (Å²) < 4.78 is 50.2. The fourth-order valence-electron chi connectivity index (χ4n) is 3.46. The summed E-state index contributed by atoms with van der Waals surface area (Å²) in [6.07, 6.45) is 1.37. The van der Waals surface area contributed by atoms with Crippen LogP contribution in [0.25, 0.3) is 0 Å². The molecule has 0 bridgehead atoms. The Morgan fingerprint density at radius 1 is 1.00 bits per heavy atom.